The maximum atomic E-state index is 12.2. The highest BCUT2D eigenvalue weighted by Crippen LogP contribution is 2.67. The van der Waals surface area contributed by atoms with Gasteiger partial charge in [0.25, 0.3) is 0 Å². The summed E-state index contributed by atoms with van der Waals surface area (Å²) in [7, 11) is 2.27. The molecule has 1 aromatic rings. The van der Waals surface area contributed by atoms with Crippen molar-refractivity contribution in [1.29, 1.82) is 0 Å². The van der Waals surface area contributed by atoms with Crippen molar-refractivity contribution in [2.45, 2.75) is 123 Å². The van der Waals surface area contributed by atoms with Crippen LogP contribution in [0.2, 0.25) is 0 Å². The lowest BCUT2D eigenvalue weighted by molar-refractivity contribution is -0.136. The van der Waals surface area contributed by atoms with E-state index >= 15 is 0 Å². The van der Waals surface area contributed by atoms with Crippen LogP contribution in [-0.4, -0.2) is 41.1 Å². The first-order valence-corrected chi connectivity index (χ1v) is 16.6. The molecule has 0 amide bonds. The highest BCUT2D eigenvalue weighted by atomic mass is 16.5. The van der Waals surface area contributed by atoms with Crippen LogP contribution in [0.5, 0.6) is 5.75 Å². The van der Waals surface area contributed by atoms with E-state index < -0.39 is 5.60 Å². The molecule has 0 bridgehead atoms. The largest absolute Gasteiger partial charge is 0.494 e. The molecule has 0 radical (unpaired) electrons. The van der Waals surface area contributed by atoms with E-state index in [0.29, 0.717) is 54.1 Å². The second-order valence-electron chi connectivity index (χ2n) is 14.1. The number of carbonyl (C=O) groups excluding carboxylic acids is 1. The average Bonchev–Trinajstić information content (AvgIpc) is 3.20. The van der Waals surface area contributed by atoms with E-state index in [2.05, 4.69) is 70.8 Å². The molecular formula is C36H55NO3. The molecule has 0 saturated heterocycles. The van der Waals surface area contributed by atoms with Gasteiger partial charge in [-0.2, -0.15) is 0 Å². The summed E-state index contributed by atoms with van der Waals surface area (Å²) in [4.78, 5) is 14.7. The molecule has 8 atom stereocenters. The Morgan fingerprint density at radius 3 is 2.60 bits per heavy atom. The molecule has 4 aliphatic rings. The van der Waals surface area contributed by atoms with Gasteiger partial charge in [0.05, 0.1) is 12.2 Å². The summed E-state index contributed by atoms with van der Waals surface area (Å²) >= 11 is 0. The van der Waals surface area contributed by atoms with Crippen molar-refractivity contribution in [3.05, 3.63) is 41.5 Å². The zero-order valence-electron chi connectivity index (χ0n) is 26.1. The molecule has 5 unspecified atom stereocenters. The third kappa shape index (κ3) is 5.21. The van der Waals surface area contributed by atoms with Crippen molar-refractivity contribution in [3.63, 3.8) is 0 Å². The molecule has 0 aliphatic heterocycles. The zero-order chi connectivity index (χ0) is 28.7. The van der Waals surface area contributed by atoms with E-state index in [1.54, 1.807) is 0 Å². The number of ether oxygens (including phenoxy) is 1. The Hall–Kier alpha value is -1.65. The van der Waals surface area contributed by atoms with Gasteiger partial charge in [0.15, 0.2) is 5.78 Å². The number of nitrogens with zero attached hydrogens (tertiary/aromatic N) is 1. The van der Waals surface area contributed by atoms with Crippen LogP contribution in [0, 0.1) is 35.0 Å². The first-order chi connectivity index (χ1) is 19.2. The van der Waals surface area contributed by atoms with Crippen LogP contribution in [0.1, 0.15) is 117 Å². The molecule has 1 aromatic carbocycles. The molecular weight excluding hydrogens is 494 g/mol. The van der Waals surface area contributed by atoms with Gasteiger partial charge < -0.3 is 9.84 Å². The van der Waals surface area contributed by atoms with Crippen molar-refractivity contribution in [2.75, 3.05) is 13.7 Å². The molecule has 5 rings (SSSR count). The summed E-state index contributed by atoms with van der Waals surface area (Å²) in [5.74, 6) is 4.32. The molecule has 4 aliphatic carbocycles. The fourth-order valence-corrected chi connectivity index (χ4v) is 10.3. The predicted octanol–water partition coefficient (Wildman–Crippen LogP) is 8.15. The van der Waals surface area contributed by atoms with Crippen molar-refractivity contribution < 1.29 is 14.6 Å². The Balaban J connectivity index is 1.31. The van der Waals surface area contributed by atoms with Crippen molar-refractivity contribution in [3.8, 4) is 5.75 Å². The first-order valence-electron chi connectivity index (χ1n) is 16.6. The highest BCUT2D eigenvalue weighted by molar-refractivity contribution is 5.91. The number of aliphatic hydroxyl groups is 1. The molecule has 3 fully saturated rings. The molecule has 1 N–H and O–H groups in total. The summed E-state index contributed by atoms with van der Waals surface area (Å²) in [6.07, 6.45) is 13.4. The number of allylic oxidation sites excluding steroid dienone is 1. The van der Waals surface area contributed by atoms with E-state index in [1.165, 1.54) is 30.4 Å². The molecule has 0 heterocycles. The third-order valence-corrected chi connectivity index (χ3v) is 12.3. The van der Waals surface area contributed by atoms with Crippen molar-refractivity contribution >= 4 is 5.78 Å². The summed E-state index contributed by atoms with van der Waals surface area (Å²) < 4.78 is 6.52. The van der Waals surface area contributed by atoms with Gasteiger partial charge in [0.1, 0.15) is 5.75 Å². The summed E-state index contributed by atoms with van der Waals surface area (Å²) in [5.41, 5.74) is 2.06. The normalized spacial score (nSPS) is 36.2. The lowest BCUT2D eigenvalue weighted by Gasteiger charge is -2.58. The minimum absolute atomic E-state index is 0.0760. The van der Waals surface area contributed by atoms with Gasteiger partial charge in [0.2, 0.25) is 0 Å². The topological polar surface area (TPSA) is 49.8 Å². The van der Waals surface area contributed by atoms with Gasteiger partial charge in [-0.05, 0) is 132 Å². The van der Waals surface area contributed by atoms with Gasteiger partial charge in [0, 0.05) is 23.9 Å². The van der Waals surface area contributed by atoms with Crippen LogP contribution in [-0.2, 0) is 4.79 Å². The number of carbonyl (C=O) groups is 1. The fraction of sp³-hybridized carbons (Fsp3) is 0.750. The lowest BCUT2D eigenvalue weighted by atomic mass is 9.47. The second kappa shape index (κ2) is 11.9. The predicted molar refractivity (Wildman–Crippen MR) is 163 cm³/mol. The number of rotatable bonds is 10. The molecule has 4 nitrogen and oxygen atoms in total. The molecule has 40 heavy (non-hydrogen) atoms. The van der Waals surface area contributed by atoms with Crippen LogP contribution in [0.25, 0.3) is 0 Å². The van der Waals surface area contributed by atoms with Gasteiger partial charge in [-0.3, -0.25) is 9.69 Å². The smallest absolute Gasteiger partial charge is 0.155 e. The van der Waals surface area contributed by atoms with Crippen LogP contribution >= 0.6 is 0 Å². The Morgan fingerprint density at radius 1 is 1.10 bits per heavy atom. The highest BCUT2D eigenvalue weighted by Gasteiger charge is 2.63. The van der Waals surface area contributed by atoms with Gasteiger partial charge in [-0.1, -0.05) is 45.4 Å². The second-order valence-corrected chi connectivity index (χ2v) is 14.1. The maximum Gasteiger partial charge on any atom is 0.155 e. The third-order valence-electron chi connectivity index (χ3n) is 12.3. The molecule has 222 valence electrons. The Labute approximate surface area is 243 Å². The standard InChI is InChI=1S/C36H55NO3/c1-7-27(8-2)37(6)33(9-3)25-11-10-12-29(23-25)40-20-19-36-18-15-31-30-14-13-28(38)22-26(30)21-24(4)34(31)32(36)16-17-35(36,5)39/h10-12,22-24,27,30-34,39H,7-9,13-21H2,1-6H3/t24-,30?,31?,32?,33?,34?,35+,36-/m1/s1. The summed E-state index contributed by atoms with van der Waals surface area (Å²) in [6.45, 7) is 12.0. The quantitative estimate of drug-likeness (QED) is 0.320. The summed E-state index contributed by atoms with van der Waals surface area (Å²) in [5, 5.41) is 11.9. The number of benzene rings is 1. The van der Waals surface area contributed by atoms with Gasteiger partial charge in [-0.25, -0.2) is 0 Å². The van der Waals surface area contributed by atoms with E-state index in [-0.39, 0.29) is 5.41 Å². The summed E-state index contributed by atoms with van der Waals surface area (Å²) in [6, 6.07) is 9.75. The SMILES string of the molecule is CCC(CC)N(C)C(CC)c1cccc(OCC[C@]23CCC4C5CCC(=O)C=C5C[C@@H](C)C4C2CC[C@]3(C)O)c1. The van der Waals surface area contributed by atoms with E-state index in [0.717, 1.165) is 57.1 Å². The molecule has 0 spiro atoms. The molecule has 0 aromatic heterocycles. The van der Waals surface area contributed by atoms with E-state index in [1.807, 2.05) is 6.08 Å². The number of fused-ring (bicyclic) bond motifs is 5. The van der Waals surface area contributed by atoms with Crippen LogP contribution in [0.4, 0.5) is 0 Å². The van der Waals surface area contributed by atoms with E-state index in [4.69, 9.17) is 4.74 Å². The minimum Gasteiger partial charge on any atom is -0.494 e. The van der Waals surface area contributed by atoms with Crippen molar-refractivity contribution in [2.24, 2.45) is 35.0 Å². The Morgan fingerprint density at radius 2 is 1.88 bits per heavy atom. The number of ketones is 1. The number of hydrogen-bond acceptors (Lipinski definition) is 4. The van der Waals surface area contributed by atoms with E-state index in [9.17, 15) is 9.90 Å². The van der Waals surface area contributed by atoms with Gasteiger partial charge in [-0.15, -0.1) is 0 Å². The van der Waals surface area contributed by atoms with Gasteiger partial charge >= 0.3 is 0 Å². The Bertz CT molecular complexity index is 1070. The molecule has 3 saturated carbocycles. The van der Waals surface area contributed by atoms with Crippen LogP contribution in [0.3, 0.4) is 0 Å². The average molecular weight is 550 g/mol. The first kappa shape index (κ1) is 29.8. The maximum absolute atomic E-state index is 12.2. The van der Waals surface area contributed by atoms with Crippen molar-refractivity contribution in [1.82, 2.24) is 4.90 Å². The monoisotopic (exact) mass is 549 g/mol. The Kier molecular flexibility index (Phi) is 8.89. The fourth-order valence-electron chi connectivity index (χ4n) is 10.3. The minimum atomic E-state index is -0.641. The molecule has 4 heteroatoms. The lowest BCUT2D eigenvalue weighted by Crippen LogP contribution is -2.55. The number of hydrogen-bond donors (Lipinski definition) is 1. The van der Waals surface area contributed by atoms with Crippen LogP contribution < -0.4 is 4.74 Å². The van der Waals surface area contributed by atoms with Crippen LogP contribution in [0.15, 0.2) is 35.9 Å². The zero-order valence-corrected chi connectivity index (χ0v) is 26.1.